The van der Waals surface area contributed by atoms with E-state index in [2.05, 4.69) is 0 Å². The molecule has 0 aliphatic rings. The van der Waals surface area contributed by atoms with Crippen molar-refractivity contribution >= 4 is 0 Å². The molecule has 41 valence electrons. The molecule has 0 unspecified atom stereocenters. The van der Waals surface area contributed by atoms with Crippen LogP contribution in [0.3, 0.4) is 0 Å². The third-order valence-corrected chi connectivity index (χ3v) is 0. The van der Waals surface area contributed by atoms with Crippen molar-refractivity contribution in [1.82, 2.24) is 0 Å². The summed E-state index contributed by atoms with van der Waals surface area (Å²) in [4.78, 5) is 0. The van der Waals surface area contributed by atoms with Crippen LogP contribution in [0.4, 0.5) is 0 Å². The van der Waals surface area contributed by atoms with Crippen molar-refractivity contribution in [3.05, 3.63) is 0 Å². The van der Waals surface area contributed by atoms with E-state index in [0.29, 0.717) is 0 Å². The Morgan fingerprint density at radius 3 is 1.00 bits per heavy atom. The normalized spacial score (nSPS) is 0. The van der Waals surface area contributed by atoms with Crippen molar-refractivity contribution in [3.8, 4) is 0 Å². The first kappa shape index (κ1) is 59.5. The predicted octanol–water partition coefficient (Wildman–Crippen LogP) is -0.835. The molecule has 0 aliphatic carbocycles. The molecule has 0 aromatic heterocycles. The van der Waals surface area contributed by atoms with Crippen LogP contribution in [0, 0.1) is 0 Å². The Morgan fingerprint density at radius 1 is 1.00 bits per heavy atom. The molecule has 0 saturated carbocycles. The van der Waals surface area contributed by atoms with E-state index in [4.69, 9.17) is 0 Å². The van der Waals surface area contributed by atoms with E-state index in [-0.39, 0.29) is 75.6 Å². The minimum Gasteiger partial charge on any atom is -0.412 e. The molecule has 0 spiro atoms. The minimum absolute atomic E-state index is 0. The number of hydrogen-bond acceptors (Lipinski definition) is 0. The molecule has 5 heavy (non-hydrogen) atoms. The summed E-state index contributed by atoms with van der Waals surface area (Å²) in [5.74, 6) is 0. The molecule has 0 rings (SSSR count). The largest absolute Gasteiger partial charge is 0.412 e. The summed E-state index contributed by atoms with van der Waals surface area (Å²) in [6, 6.07) is 0. The predicted molar refractivity (Wildman–Crippen MR) is 3.61 cm³/mol. The second kappa shape index (κ2) is 35.8. The molecule has 0 fully saturated rings. The Bertz CT molecular complexity index is 11.6. The van der Waals surface area contributed by atoms with E-state index in [0.717, 1.165) is 0 Å². The zero-order valence-corrected chi connectivity index (χ0v) is 6.91. The Morgan fingerprint density at radius 2 is 1.00 bits per heavy atom. The third-order valence-electron chi connectivity index (χ3n) is 0. The van der Waals surface area contributed by atoms with E-state index in [1.807, 2.05) is 0 Å². The molecule has 0 amide bonds. The molecule has 0 bridgehead atoms. The van der Waals surface area contributed by atoms with Gasteiger partial charge in [0.25, 0.3) is 0 Å². The maximum atomic E-state index is 0. The maximum absolute atomic E-state index is 0. The second-order valence-corrected chi connectivity index (χ2v) is 0. The molecule has 0 aromatic carbocycles. The molecular weight excluding hydrogens is 287 g/mol. The van der Waals surface area contributed by atoms with Crippen molar-refractivity contribution in [2.24, 2.45) is 0 Å². The Labute approximate surface area is 75.0 Å². The van der Waals surface area contributed by atoms with Crippen LogP contribution in [-0.4, -0.2) is 5.48 Å². The summed E-state index contributed by atoms with van der Waals surface area (Å²) in [6.45, 7) is 0. The fourth-order valence-electron chi connectivity index (χ4n) is 0. The first-order valence-corrected chi connectivity index (χ1v) is 0. The summed E-state index contributed by atoms with van der Waals surface area (Å²) >= 11 is 0. The second-order valence-electron chi connectivity index (χ2n) is 0. The summed E-state index contributed by atoms with van der Waals surface area (Å²) in [5, 5.41) is 0. The van der Waals surface area contributed by atoms with Gasteiger partial charge in [-0.3, -0.25) is 0 Å². The quantitative estimate of drug-likeness (QED) is 0.521. The van der Waals surface area contributed by atoms with Crippen LogP contribution >= 0.6 is 0 Å². The van der Waals surface area contributed by atoms with Gasteiger partial charge in [-0.25, -0.2) is 0 Å². The topological polar surface area (TPSA) is 31.5 Å². The van der Waals surface area contributed by atoms with E-state index in [9.17, 15) is 0 Å². The zero-order valence-electron chi connectivity index (χ0n) is 1.90. The van der Waals surface area contributed by atoms with E-state index >= 15 is 0 Å². The van der Waals surface area contributed by atoms with Gasteiger partial charge in [0.1, 0.15) is 0 Å². The van der Waals surface area contributed by atoms with Crippen LogP contribution in [0.25, 0.3) is 0 Å². The van der Waals surface area contributed by atoms with Gasteiger partial charge < -0.3 is 5.48 Å². The van der Waals surface area contributed by atoms with Gasteiger partial charge in [-0.15, -0.1) is 0 Å². The van der Waals surface area contributed by atoms with Gasteiger partial charge >= 0.3 is 0 Å². The van der Waals surface area contributed by atoms with Gasteiger partial charge in [0.15, 0.2) is 0 Å². The smallest absolute Gasteiger partial charge is 0 e. The molecular formula is H2FeMnNiORu. The molecule has 0 aliphatic heterocycles. The SMILES string of the molecule is O.[Fe].[Mn].[Ni].[Ru]. The van der Waals surface area contributed by atoms with Gasteiger partial charge in [-0.05, 0) is 0 Å². The average molecular weight is 289 g/mol. The minimum atomic E-state index is 0. The van der Waals surface area contributed by atoms with Crippen molar-refractivity contribution in [3.63, 3.8) is 0 Å². The standard InChI is InChI=1S/Fe.Mn.Ni.H2O.Ru/h;;;1H2;. The average Bonchev–Trinajstić information content (AvgIpc) is 0. The molecule has 1 nitrogen and oxygen atoms in total. The van der Waals surface area contributed by atoms with Crippen molar-refractivity contribution < 1.29 is 75.6 Å². The van der Waals surface area contributed by atoms with Crippen LogP contribution in [0.1, 0.15) is 0 Å². The van der Waals surface area contributed by atoms with Crippen LogP contribution in [-0.2, 0) is 70.1 Å². The Kier molecular flexibility index (Phi) is 425. The van der Waals surface area contributed by atoms with Gasteiger partial charge in [-0.1, -0.05) is 0 Å². The summed E-state index contributed by atoms with van der Waals surface area (Å²) in [6.07, 6.45) is 0. The van der Waals surface area contributed by atoms with Gasteiger partial charge in [0.05, 0.1) is 0 Å². The van der Waals surface area contributed by atoms with Crippen LogP contribution < -0.4 is 0 Å². The molecule has 0 aromatic rings. The summed E-state index contributed by atoms with van der Waals surface area (Å²) in [7, 11) is 0. The first-order valence-electron chi connectivity index (χ1n) is 0. The Balaban J connectivity index is 0. The van der Waals surface area contributed by atoms with Crippen LogP contribution in [0.5, 0.6) is 0 Å². The van der Waals surface area contributed by atoms with E-state index < -0.39 is 0 Å². The van der Waals surface area contributed by atoms with Gasteiger partial charge in [0.2, 0.25) is 0 Å². The summed E-state index contributed by atoms with van der Waals surface area (Å²) < 4.78 is 0. The van der Waals surface area contributed by atoms with E-state index in [1.54, 1.807) is 0 Å². The molecule has 5 heteroatoms. The molecule has 0 atom stereocenters. The molecule has 2 N–H and O–H groups in total. The fraction of sp³-hybridized carbons (Fsp3) is 0. The number of hydrogen-bond donors (Lipinski definition) is 0. The van der Waals surface area contributed by atoms with Gasteiger partial charge in [0, 0.05) is 70.1 Å². The van der Waals surface area contributed by atoms with Crippen molar-refractivity contribution in [1.29, 1.82) is 0 Å². The summed E-state index contributed by atoms with van der Waals surface area (Å²) in [5.41, 5.74) is 0. The van der Waals surface area contributed by atoms with Crippen LogP contribution in [0.15, 0.2) is 0 Å². The van der Waals surface area contributed by atoms with Crippen LogP contribution in [0.2, 0.25) is 0 Å². The first-order chi connectivity index (χ1) is 0. The molecule has 1 radical (unpaired) electrons. The molecule has 0 saturated heterocycles. The van der Waals surface area contributed by atoms with Crippen molar-refractivity contribution in [2.45, 2.75) is 0 Å². The number of rotatable bonds is 0. The van der Waals surface area contributed by atoms with Gasteiger partial charge in [-0.2, -0.15) is 0 Å². The third kappa shape index (κ3) is 23.1. The Hall–Kier alpha value is 2.12. The monoisotopic (exact) mass is 289 g/mol. The fourth-order valence-corrected chi connectivity index (χ4v) is 0. The van der Waals surface area contributed by atoms with E-state index in [1.165, 1.54) is 0 Å². The maximum Gasteiger partial charge on any atom is 0 e. The zero-order chi connectivity index (χ0) is 0. The van der Waals surface area contributed by atoms with Crippen molar-refractivity contribution in [2.75, 3.05) is 0 Å². The molecule has 0 heterocycles.